The molecule has 2 rings (SSSR count). The highest BCUT2D eigenvalue weighted by atomic mass is 35.5. The Balaban J connectivity index is 2.20. The Hall–Kier alpha value is -0.610. The number of benzene rings is 1. The highest BCUT2D eigenvalue weighted by molar-refractivity contribution is 6.30. The quantitative estimate of drug-likeness (QED) is 0.923. The van der Waals surface area contributed by atoms with E-state index in [1.807, 2.05) is 18.2 Å². The van der Waals surface area contributed by atoms with Crippen LogP contribution in [-0.4, -0.2) is 37.2 Å². The summed E-state index contributed by atoms with van der Waals surface area (Å²) in [5, 5.41) is 0.767. The van der Waals surface area contributed by atoms with Crippen LogP contribution in [0.5, 0.6) is 0 Å². The Labute approximate surface area is 120 Å². The molecule has 19 heavy (non-hydrogen) atoms. The lowest BCUT2D eigenvalue weighted by Gasteiger charge is -2.39. The largest absolute Gasteiger partial charge is 0.380 e. The van der Waals surface area contributed by atoms with Gasteiger partial charge in [0.15, 0.2) is 0 Å². The van der Waals surface area contributed by atoms with E-state index in [4.69, 9.17) is 22.1 Å². The van der Waals surface area contributed by atoms with E-state index < -0.39 is 0 Å². The number of hydrogen-bond acceptors (Lipinski definition) is 3. The Morgan fingerprint density at radius 3 is 2.89 bits per heavy atom. The Morgan fingerprint density at radius 2 is 2.26 bits per heavy atom. The van der Waals surface area contributed by atoms with Crippen molar-refractivity contribution < 1.29 is 4.74 Å². The molecule has 1 saturated heterocycles. The molecule has 0 saturated carbocycles. The third kappa shape index (κ3) is 3.69. The molecule has 3 atom stereocenters. The van der Waals surface area contributed by atoms with Crippen LogP contribution in [0.3, 0.4) is 0 Å². The fourth-order valence-electron chi connectivity index (χ4n) is 2.95. The molecule has 3 nitrogen and oxygen atoms in total. The molecular weight excluding hydrogens is 260 g/mol. The number of nitrogens with two attached hydrogens (primary N) is 1. The van der Waals surface area contributed by atoms with Gasteiger partial charge in [0.05, 0.1) is 6.10 Å². The van der Waals surface area contributed by atoms with Crippen LogP contribution >= 0.6 is 11.6 Å². The minimum Gasteiger partial charge on any atom is -0.380 e. The first-order valence-corrected chi connectivity index (χ1v) is 7.27. The fourth-order valence-corrected chi connectivity index (χ4v) is 3.15. The van der Waals surface area contributed by atoms with E-state index in [1.165, 1.54) is 5.56 Å². The lowest BCUT2D eigenvalue weighted by molar-refractivity contribution is 0.0103. The summed E-state index contributed by atoms with van der Waals surface area (Å²) < 4.78 is 5.50. The maximum Gasteiger partial charge on any atom is 0.0698 e. The molecule has 1 aliphatic rings. The first-order chi connectivity index (χ1) is 9.11. The van der Waals surface area contributed by atoms with E-state index in [-0.39, 0.29) is 12.1 Å². The Bertz CT molecular complexity index is 411. The topological polar surface area (TPSA) is 38.5 Å². The number of halogens is 1. The molecule has 1 aliphatic heterocycles. The standard InChI is InChI=1S/C15H23ClN2O/c1-11(17)15(12-5-3-6-13(16)9-12)18-8-4-7-14(10-18)19-2/h3,5-6,9,11,14-15H,4,7-8,10,17H2,1-2H3. The van der Waals surface area contributed by atoms with E-state index in [1.54, 1.807) is 7.11 Å². The van der Waals surface area contributed by atoms with Crippen LogP contribution in [0.2, 0.25) is 5.02 Å². The zero-order valence-electron chi connectivity index (χ0n) is 11.7. The predicted octanol–water partition coefficient (Wildman–Crippen LogP) is 2.84. The first-order valence-electron chi connectivity index (χ1n) is 6.89. The van der Waals surface area contributed by atoms with Crippen LogP contribution in [0.15, 0.2) is 24.3 Å². The maximum atomic E-state index is 6.21. The van der Waals surface area contributed by atoms with E-state index in [9.17, 15) is 0 Å². The number of nitrogens with zero attached hydrogens (tertiary/aromatic N) is 1. The SMILES string of the molecule is COC1CCCN(C(c2cccc(Cl)c2)C(C)N)C1. The van der Waals surface area contributed by atoms with E-state index in [0.717, 1.165) is 31.0 Å². The molecule has 0 radical (unpaired) electrons. The van der Waals surface area contributed by atoms with Crippen LogP contribution in [0, 0.1) is 0 Å². The van der Waals surface area contributed by atoms with Gasteiger partial charge in [0.1, 0.15) is 0 Å². The molecular formula is C15H23ClN2O. The molecule has 3 unspecified atom stereocenters. The molecule has 0 aliphatic carbocycles. The van der Waals surface area contributed by atoms with Crippen molar-refractivity contribution in [2.75, 3.05) is 20.2 Å². The van der Waals surface area contributed by atoms with Crippen LogP contribution in [0.4, 0.5) is 0 Å². The molecule has 0 spiro atoms. The van der Waals surface area contributed by atoms with Crippen LogP contribution < -0.4 is 5.73 Å². The summed E-state index contributed by atoms with van der Waals surface area (Å²) in [6.45, 7) is 4.07. The smallest absolute Gasteiger partial charge is 0.0698 e. The lowest BCUT2D eigenvalue weighted by Crippen LogP contribution is -2.46. The number of likely N-dealkylation sites (tertiary alicyclic amines) is 1. The van der Waals surface area contributed by atoms with E-state index in [2.05, 4.69) is 17.9 Å². The molecule has 4 heteroatoms. The van der Waals surface area contributed by atoms with Gasteiger partial charge in [-0.3, -0.25) is 4.90 Å². The van der Waals surface area contributed by atoms with Gasteiger partial charge in [-0.2, -0.15) is 0 Å². The van der Waals surface area contributed by atoms with Gasteiger partial charge in [-0.25, -0.2) is 0 Å². The van der Waals surface area contributed by atoms with Crippen molar-refractivity contribution in [3.8, 4) is 0 Å². The Kier molecular flexibility index (Phi) is 5.22. The fraction of sp³-hybridized carbons (Fsp3) is 0.600. The number of rotatable bonds is 4. The van der Waals surface area contributed by atoms with Crippen molar-refractivity contribution in [2.45, 2.75) is 38.0 Å². The minimum absolute atomic E-state index is 0.0640. The molecule has 2 N–H and O–H groups in total. The average Bonchev–Trinajstić information content (AvgIpc) is 2.39. The monoisotopic (exact) mass is 282 g/mol. The van der Waals surface area contributed by atoms with Gasteiger partial charge in [0.2, 0.25) is 0 Å². The van der Waals surface area contributed by atoms with Crippen LogP contribution in [0.25, 0.3) is 0 Å². The molecule has 0 bridgehead atoms. The summed E-state index contributed by atoms with van der Waals surface area (Å²) in [4.78, 5) is 2.42. The summed E-state index contributed by atoms with van der Waals surface area (Å²) in [5.74, 6) is 0. The third-order valence-electron chi connectivity index (χ3n) is 3.82. The summed E-state index contributed by atoms with van der Waals surface area (Å²) >= 11 is 6.10. The summed E-state index contributed by atoms with van der Waals surface area (Å²) in [6, 6.07) is 8.29. The first kappa shape index (κ1) is 14.8. The second-order valence-electron chi connectivity index (χ2n) is 5.35. The number of methoxy groups -OCH3 is 1. The molecule has 1 aromatic rings. The highest BCUT2D eigenvalue weighted by Gasteiger charge is 2.29. The van der Waals surface area contributed by atoms with E-state index >= 15 is 0 Å². The number of hydrogen-bond donors (Lipinski definition) is 1. The van der Waals surface area contributed by atoms with Crippen molar-refractivity contribution >= 4 is 11.6 Å². The molecule has 1 heterocycles. The van der Waals surface area contributed by atoms with Crippen molar-refractivity contribution in [3.05, 3.63) is 34.9 Å². The van der Waals surface area contributed by atoms with Crippen LogP contribution in [-0.2, 0) is 4.74 Å². The van der Waals surface area contributed by atoms with Gasteiger partial charge in [0.25, 0.3) is 0 Å². The summed E-state index contributed by atoms with van der Waals surface area (Å²) in [7, 11) is 1.79. The van der Waals surface area contributed by atoms with Crippen LogP contribution in [0.1, 0.15) is 31.4 Å². The van der Waals surface area contributed by atoms with Crippen molar-refractivity contribution in [3.63, 3.8) is 0 Å². The van der Waals surface area contributed by atoms with Gasteiger partial charge < -0.3 is 10.5 Å². The molecule has 0 amide bonds. The number of ether oxygens (including phenoxy) is 1. The summed E-state index contributed by atoms with van der Waals surface area (Å²) in [6.07, 6.45) is 2.60. The number of piperidine rings is 1. The Morgan fingerprint density at radius 1 is 1.47 bits per heavy atom. The zero-order valence-corrected chi connectivity index (χ0v) is 12.4. The van der Waals surface area contributed by atoms with E-state index in [0.29, 0.717) is 6.10 Å². The normalized spacial score (nSPS) is 24.1. The maximum absolute atomic E-state index is 6.21. The molecule has 106 valence electrons. The third-order valence-corrected chi connectivity index (χ3v) is 4.06. The second-order valence-corrected chi connectivity index (χ2v) is 5.79. The average molecular weight is 283 g/mol. The lowest BCUT2D eigenvalue weighted by atomic mass is 9.96. The van der Waals surface area contributed by atoms with Gasteiger partial charge in [0, 0.05) is 30.8 Å². The highest BCUT2D eigenvalue weighted by Crippen LogP contribution is 2.29. The van der Waals surface area contributed by atoms with Gasteiger partial charge in [-0.15, -0.1) is 0 Å². The van der Waals surface area contributed by atoms with Gasteiger partial charge in [-0.1, -0.05) is 23.7 Å². The second kappa shape index (κ2) is 6.71. The predicted molar refractivity (Wildman–Crippen MR) is 79.4 cm³/mol. The molecule has 0 aromatic heterocycles. The zero-order chi connectivity index (χ0) is 13.8. The molecule has 1 fully saturated rings. The van der Waals surface area contributed by atoms with Crippen molar-refractivity contribution in [2.24, 2.45) is 5.73 Å². The van der Waals surface area contributed by atoms with Crippen molar-refractivity contribution in [1.82, 2.24) is 4.90 Å². The minimum atomic E-state index is 0.0640. The summed E-state index contributed by atoms with van der Waals surface area (Å²) in [5.41, 5.74) is 7.40. The van der Waals surface area contributed by atoms with Gasteiger partial charge >= 0.3 is 0 Å². The van der Waals surface area contributed by atoms with Crippen molar-refractivity contribution in [1.29, 1.82) is 0 Å². The molecule has 1 aromatic carbocycles. The van der Waals surface area contributed by atoms with Gasteiger partial charge in [-0.05, 0) is 44.0 Å².